The van der Waals surface area contributed by atoms with E-state index in [-0.39, 0.29) is 17.9 Å². The van der Waals surface area contributed by atoms with E-state index in [0.29, 0.717) is 22.1 Å². The molecule has 2 aromatic carbocycles. The molecule has 0 spiro atoms. The number of ether oxygens (including phenoxy) is 1. The second kappa shape index (κ2) is 13.2. The molecule has 0 fully saturated rings. The molecule has 0 aliphatic heterocycles. The topological polar surface area (TPSA) is 160 Å². The quantitative estimate of drug-likeness (QED) is 0.303. The van der Waals surface area contributed by atoms with Crippen molar-refractivity contribution in [2.24, 2.45) is 11.7 Å². The van der Waals surface area contributed by atoms with Crippen LogP contribution in [0.1, 0.15) is 37.0 Å². The van der Waals surface area contributed by atoms with E-state index in [1.807, 2.05) is 13.8 Å². The van der Waals surface area contributed by atoms with Crippen LogP contribution in [-0.2, 0) is 14.3 Å². The molecule has 202 valence electrons. The molecule has 6 N–H and O–H groups in total. The summed E-state index contributed by atoms with van der Waals surface area (Å²) in [5, 5.41) is 18.9. The number of primary amides is 1. The number of para-hydroxylation sites is 1. The van der Waals surface area contributed by atoms with Crippen molar-refractivity contribution in [3.63, 3.8) is 0 Å². The molecule has 0 radical (unpaired) electrons. The fourth-order valence-corrected chi connectivity index (χ4v) is 4.47. The Hall–Kier alpha value is -3.70. The first kappa shape index (κ1) is 28.9. The van der Waals surface area contributed by atoms with Crippen molar-refractivity contribution in [1.29, 1.82) is 0 Å². The fraction of sp³-hybridized carbons (Fsp3) is 0.333. The van der Waals surface area contributed by atoms with Crippen LogP contribution in [0.3, 0.4) is 0 Å². The minimum absolute atomic E-state index is 0.0871. The van der Waals surface area contributed by atoms with Gasteiger partial charge in [-0.2, -0.15) is 0 Å². The summed E-state index contributed by atoms with van der Waals surface area (Å²) in [6.07, 6.45) is -1.79. The molecule has 0 saturated heterocycles. The highest BCUT2D eigenvalue weighted by molar-refractivity contribution is 9.10. The van der Waals surface area contributed by atoms with Gasteiger partial charge in [-0.05, 0) is 52.5 Å². The van der Waals surface area contributed by atoms with E-state index in [1.165, 1.54) is 6.08 Å². The number of carbonyl (C=O) groups excluding carboxylic acids is 4. The van der Waals surface area contributed by atoms with Crippen LogP contribution in [0.4, 0.5) is 10.5 Å². The number of aliphatic hydroxyl groups excluding tert-OH is 1. The van der Waals surface area contributed by atoms with Crippen molar-refractivity contribution in [2.75, 3.05) is 5.32 Å². The van der Waals surface area contributed by atoms with Gasteiger partial charge >= 0.3 is 6.09 Å². The number of halogens is 1. The van der Waals surface area contributed by atoms with Crippen molar-refractivity contribution in [1.82, 2.24) is 10.6 Å². The first-order valence-electron chi connectivity index (χ1n) is 12.1. The normalized spacial score (nSPS) is 19.6. The maximum Gasteiger partial charge on any atom is 0.411 e. The number of nitrogens with two attached hydrogens (primary N) is 1. The molecule has 0 heterocycles. The van der Waals surface area contributed by atoms with Gasteiger partial charge in [-0.15, -0.1) is 0 Å². The Bertz CT molecular complexity index is 1200. The van der Waals surface area contributed by atoms with E-state index in [4.69, 9.17) is 10.5 Å². The highest BCUT2D eigenvalue weighted by Crippen LogP contribution is 2.25. The van der Waals surface area contributed by atoms with Crippen LogP contribution >= 0.6 is 15.9 Å². The maximum absolute atomic E-state index is 13.1. The summed E-state index contributed by atoms with van der Waals surface area (Å²) in [6, 6.07) is 13.3. The summed E-state index contributed by atoms with van der Waals surface area (Å²) in [5.41, 5.74) is 6.39. The van der Waals surface area contributed by atoms with E-state index in [9.17, 15) is 24.3 Å². The third-order valence-electron chi connectivity index (χ3n) is 5.89. The zero-order valence-electron chi connectivity index (χ0n) is 21.0. The Morgan fingerprint density at radius 2 is 1.71 bits per heavy atom. The highest BCUT2D eigenvalue weighted by atomic mass is 79.9. The van der Waals surface area contributed by atoms with Gasteiger partial charge in [-0.1, -0.05) is 50.3 Å². The predicted molar refractivity (Wildman–Crippen MR) is 145 cm³/mol. The van der Waals surface area contributed by atoms with Gasteiger partial charge in [0.05, 0.1) is 11.6 Å². The second-order valence-corrected chi connectivity index (χ2v) is 10.2. The maximum atomic E-state index is 13.1. The van der Waals surface area contributed by atoms with Crippen LogP contribution in [0.25, 0.3) is 0 Å². The lowest BCUT2D eigenvalue weighted by Gasteiger charge is -2.34. The number of hydrogen-bond donors (Lipinski definition) is 5. The molecule has 4 atom stereocenters. The number of carbonyl (C=O) groups is 4. The second-order valence-electron chi connectivity index (χ2n) is 9.36. The summed E-state index contributed by atoms with van der Waals surface area (Å²) < 4.78 is 6.01. The van der Waals surface area contributed by atoms with Gasteiger partial charge in [-0.25, -0.2) is 4.79 Å². The molecule has 0 bridgehead atoms. The summed E-state index contributed by atoms with van der Waals surface area (Å²) in [5.74, 6) is -1.72. The molecule has 4 amide bonds. The van der Waals surface area contributed by atoms with Gasteiger partial charge in [-0.3, -0.25) is 19.7 Å². The molecular weight excluding hydrogens is 556 g/mol. The molecule has 38 heavy (non-hydrogen) atoms. The molecule has 1 aliphatic carbocycles. The van der Waals surface area contributed by atoms with Gasteiger partial charge in [0.2, 0.25) is 11.8 Å². The van der Waals surface area contributed by atoms with Gasteiger partial charge in [0.15, 0.2) is 0 Å². The summed E-state index contributed by atoms with van der Waals surface area (Å²) in [7, 11) is 0. The van der Waals surface area contributed by atoms with Crippen molar-refractivity contribution in [2.45, 2.75) is 51.0 Å². The van der Waals surface area contributed by atoms with Crippen molar-refractivity contribution >= 4 is 45.4 Å². The average molecular weight is 587 g/mol. The number of hydrogen-bond acceptors (Lipinski definition) is 6. The number of nitrogens with one attached hydrogen (secondary N) is 3. The van der Waals surface area contributed by atoms with Crippen LogP contribution in [0, 0.1) is 5.92 Å². The van der Waals surface area contributed by atoms with Crippen LogP contribution in [-0.4, -0.2) is 53.2 Å². The molecule has 0 aromatic heterocycles. The first-order chi connectivity index (χ1) is 18.0. The van der Waals surface area contributed by atoms with Gasteiger partial charge in [0.1, 0.15) is 18.2 Å². The third kappa shape index (κ3) is 7.90. The molecule has 3 rings (SSSR count). The van der Waals surface area contributed by atoms with Gasteiger partial charge < -0.3 is 26.2 Å². The average Bonchev–Trinajstić information content (AvgIpc) is 2.86. The smallest absolute Gasteiger partial charge is 0.411 e. The number of anilines is 1. The lowest BCUT2D eigenvalue weighted by Crippen LogP contribution is -2.53. The Kier molecular flexibility index (Phi) is 10.0. The number of aliphatic hydroxyl groups is 1. The molecular formula is C27H31BrN4O6. The summed E-state index contributed by atoms with van der Waals surface area (Å²) >= 11 is 3.32. The standard InChI is InChI=1S/C27H31BrN4O6/c1-15(2)12-21(24(29)34)32-25(35)16-13-20(31-26(36)18-10-6-7-11-19(18)28)23(33)22(14-16)38-27(37)30-17-8-4-3-5-9-17/h3-11,13,15,20-23,33H,12,14H2,1-2H3,(H2,29,34)(H,30,37)(H,31,36)(H,32,35)/t20-,21-,22-,23-/m1/s1. The van der Waals surface area contributed by atoms with Crippen LogP contribution < -0.4 is 21.7 Å². The third-order valence-corrected chi connectivity index (χ3v) is 6.58. The first-order valence-corrected chi connectivity index (χ1v) is 12.9. The Balaban J connectivity index is 1.83. The zero-order chi connectivity index (χ0) is 27.8. The number of benzene rings is 2. The van der Waals surface area contributed by atoms with Crippen LogP contribution in [0.2, 0.25) is 0 Å². The molecule has 11 heteroatoms. The Morgan fingerprint density at radius 1 is 1.05 bits per heavy atom. The van der Waals surface area contributed by atoms with Crippen LogP contribution in [0.15, 0.2) is 70.7 Å². The summed E-state index contributed by atoms with van der Waals surface area (Å²) in [4.78, 5) is 50.5. The molecule has 0 unspecified atom stereocenters. The predicted octanol–water partition coefficient (Wildman–Crippen LogP) is 2.87. The molecule has 0 saturated carbocycles. The fourth-order valence-electron chi connectivity index (χ4n) is 4.01. The molecule has 10 nitrogen and oxygen atoms in total. The van der Waals surface area contributed by atoms with Crippen LogP contribution in [0.5, 0.6) is 0 Å². The van der Waals surface area contributed by atoms with E-state index in [0.717, 1.165) is 0 Å². The van der Waals surface area contributed by atoms with E-state index in [2.05, 4.69) is 31.9 Å². The Morgan fingerprint density at radius 3 is 2.34 bits per heavy atom. The number of amides is 4. The lowest BCUT2D eigenvalue weighted by atomic mass is 9.89. The monoisotopic (exact) mass is 586 g/mol. The minimum atomic E-state index is -1.36. The van der Waals surface area contributed by atoms with Crippen molar-refractivity contribution in [3.05, 3.63) is 76.3 Å². The van der Waals surface area contributed by atoms with Crippen molar-refractivity contribution < 1.29 is 29.0 Å². The van der Waals surface area contributed by atoms with Gasteiger partial charge in [0.25, 0.3) is 5.91 Å². The largest absolute Gasteiger partial charge is 0.443 e. The summed E-state index contributed by atoms with van der Waals surface area (Å²) in [6.45, 7) is 3.78. The molecule has 2 aromatic rings. The highest BCUT2D eigenvalue weighted by Gasteiger charge is 2.38. The SMILES string of the molecule is CC(C)C[C@@H](NC(=O)C1=C[C@@H](NC(=O)c2ccccc2Br)[C@@H](O)[C@H](OC(=O)Nc2ccccc2)C1)C(N)=O. The van der Waals surface area contributed by atoms with Gasteiger partial charge in [0, 0.05) is 22.2 Å². The van der Waals surface area contributed by atoms with Crippen molar-refractivity contribution in [3.8, 4) is 0 Å². The van der Waals surface area contributed by atoms with E-state index >= 15 is 0 Å². The minimum Gasteiger partial charge on any atom is -0.443 e. The lowest BCUT2D eigenvalue weighted by molar-refractivity contribution is -0.126. The van der Waals surface area contributed by atoms with E-state index < -0.39 is 48.1 Å². The Labute approximate surface area is 229 Å². The number of rotatable bonds is 9. The van der Waals surface area contributed by atoms with E-state index in [1.54, 1.807) is 54.6 Å². The zero-order valence-corrected chi connectivity index (χ0v) is 22.6. The molecule has 1 aliphatic rings.